The molecule has 4 aromatic rings. The fourth-order valence-electron chi connectivity index (χ4n) is 4.00. The summed E-state index contributed by atoms with van der Waals surface area (Å²) in [4.78, 5) is 24.4. The van der Waals surface area contributed by atoms with Crippen molar-refractivity contribution in [3.8, 4) is 5.13 Å². The molecule has 0 atom stereocenters. The van der Waals surface area contributed by atoms with Crippen LogP contribution < -0.4 is 5.56 Å². The molecular weight excluding hydrogens is 388 g/mol. The van der Waals surface area contributed by atoms with E-state index in [0.717, 1.165) is 55.7 Å². The minimum Gasteiger partial charge on any atom is -0.294 e. The van der Waals surface area contributed by atoms with E-state index in [0.29, 0.717) is 6.54 Å². The van der Waals surface area contributed by atoms with Crippen LogP contribution in [0.1, 0.15) is 39.6 Å². The smallest absolute Gasteiger partial charge is 0.262 e. The number of thiazole rings is 1. The molecule has 0 unspecified atom stereocenters. The van der Waals surface area contributed by atoms with Crippen molar-refractivity contribution < 1.29 is 0 Å². The van der Waals surface area contributed by atoms with E-state index in [4.69, 9.17) is 4.98 Å². The number of aryl methyl sites for hydroxylation is 3. The molecule has 7 heteroatoms. The summed E-state index contributed by atoms with van der Waals surface area (Å²) < 4.78 is 4.02. The molecule has 1 aliphatic heterocycles. The predicted molar refractivity (Wildman–Crippen MR) is 117 cm³/mol. The molecule has 142 valence electrons. The Balaban J connectivity index is 1.66. The summed E-state index contributed by atoms with van der Waals surface area (Å²) in [5.74, 6) is 0.817. The van der Waals surface area contributed by atoms with Gasteiger partial charge in [-0.3, -0.25) is 13.9 Å². The van der Waals surface area contributed by atoms with Crippen LogP contribution in [0.5, 0.6) is 0 Å². The van der Waals surface area contributed by atoms with Crippen LogP contribution in [0.2, 0.25) is 0 Å². The van der Waals surface area contributed by atoms with Gasteiger partial charge in [-0.25, -0.2) is 9.97 Å². The van der Waals surface area contributed by atoms with Crippen LogP contribution in [0.4, 0.5) is 0 Å². The molecule has 0 N–H and O–H groups in total. The van der Waals surface area contributed by atoms with E-state index >= 15 is 0 Å². The topological polar surface area (TPSA) is 52.7 Å². The molecule has 5 rings (SSSR count). The molecule has 0 fully saturated rings. The molecule has 0 radical (unpaired) electrons. The number of fused-ring (bicyclic) bond motifs is 2. The van der Waals surface area contributed by atoms with Crippen molar-refractivity contribution in [2.24, 2.45) is 0 Å². The van der Waals surface area contributed by atoms with E-state index in [1.807, 2.05) is 23.1 Å². The SMILES string of the molecule is Cc1sc2nc3n(c(=O)c2c1C)CC/C3=C\c1cc(C)n(-c2nccs2)c1C. The normalized spacial score (nSPS) is 15.1. The Hall–Kier alpha value is -2.51. The first kappa shape index (κ1) is 17.6. The highest BCUT2D eigenvalue weighted by Crippen LogP contribution is 2.33. The predicted octanol–water partition coefficient (Wildman–Crippen LogP) is 4.88. The van der Waals surface area contributed by atoms with E-state index in [2.05, 4.69) is 42.5 Å². The van der Waals surface area contributed by atoms with E-state index in [1.165, 1.54) is 4.88 Å². The highest BCUT2D eigenvalue weighted by Gasteiger charge is 2.24. The molecule has 0 saturated heterocycles. The summed E-state index contributed by atoms with van der Waals surface area (Å²) in [6.07, 6.45) is 4.85. The first-order chi connectivity index (χ1) is 13.5. The monoisotopic (exact) mass is 408 g/mol. The third-order valence-electron chi connectivity index (χ3n) is 5.59. The molecular formula is C21H20N4OS2. The van der Waals surface area contributed by atoms with Gasteiger partial charge in [0.15, 0.2) is 5.13 Å². The fraction of sp³-hybridized carbons (Fsp3) is 0.286. The van der Waals surface area contributed by atoms with Gasteiger partial charge in [-0.05, 0) is 63.0 Å². The van der Waals surface area contributed by atoms with Gasteiger partial charge in [0.05, 0.1) is 5.39 Å². The first-order valence-corrected chi connectivity index (χ1v) is 11.0. The molecule has 0 amide bonds. The number of hydrogen-bond acceptors (Lipinski definition) is 5. The van der Waals surface area contributed by atoms with Crippen LogP contribution >= 0.6 is 22.7 Å². The zero-order valence-corrected chi connectivity index (χ0v) is 17.9. The van der Waals surface area contributed by atoms with Gasteiger partial charge in [0, 0.05) is 34.4 Å². The van der Waals surface area contributed by atoms with E-state index in [9.17, 15) is 4.79 Å². The van der Waals surface area contributed by atoms with Crippen molar-refractivity contribution in [1.82, 2.24) is 19.1 Å². The largest absolute Gasteiger partial charge is 0.294 e. The Morgan fingerprint density at radius 3 is 2.79 bits per heavy atom. The quantitative estimate of drug-likeness (QED) is 0.475. The van der Waals surface area contributed by atoms with Crippen LogP contribution in [0.15, 0.2) is 22.4 Å². The third kappa shape index (κ3) is 2.46. The zero-order valence-electron chi connectivity index (χ0n) is 16.2. The van der Waals surface area contributed by atoms with Crippen LogP contribution in [0.3, 0.4) is 0 Å². The second kappa shape index (κ2) is 6.25. The van der Waals surface area contributed by atoms with Gasteiger partial charge in [0.1, 0.15) is 10.7 Å². The van der Waals surface area contributed by atoms with E-state index in [1.54, 1.807) is 22.7 Å². The Morgan fingerprint density at radius 2 is 2.04 bits per heavy atom. The van der Waals surface area contributed by atoms with Crippen molar-refractivity contribution in [2.75, 3.05) is 0 Å². The summed E-state index contributed by atoms with van der Waals surface area (Å²) >= 11 is 3.24. The van der Waals surface area contributed by atoms with Crippen molar-refractivity contribution in [3.63, 3.8) is 0 Å². The molecule has 0 saturated carbocycles. The molecule has 1 aliphatic rings. The van der Waals surface area contributed by atoms with Crippen LogP contribution in [-0.2, 0) is 6.54 Å². The number of hydrogen-bond donors (Lipinski definition) is 0. The molecule has 4 aromatic heterocycles. The highest BCUT2D eigenvalue weighted by molar-refractivity contribution is 7.18. The number of thiophene rings is 1. The molecule has 28 heavy (non-hydrogen) atoms. The maximum absolute atomic E-state index is 13.0. The molecule has 0 aromatic carbocycles. The molecule has 5 heterocycles. The average molecular weight is 409 g/mol. The molecule has 0 aliphatic carbocycles. The maximum Gasteiger partial charge on any atom is 0.262 e. The number of nitrogens with zero attached hydrogens (tertiary/aromatic N) is 4. The minimum atomic E-state index is 0.0958. The van der Waals surface area contributed by atoms with Gasteiger partial charge in [0.2, 0.25) is 0 Å². The second-order valence-corrected chi connectivity index (χ2v) is 9.33. The summed E-state index contributed by atoms with van der Waals surface area (Å²) in [6, 6.07) is 2.18. The maximum atomic E-state index is 13.0. The van der Waals surface area contributed by atoms with Gasteiger partial charge in [-0.15, -0.1) is 22.7 Å². The third-order valence-corrected chi connectivity index (χ3v) is 7.45. The summed E-state index contributed by atoms with van der Waals surface area (Å²) in [5, 5.41) is 3.76. The van der Waals surface area contributed by atoms with Crippen LogP contribution in [-0.4, -0.2) is 19.1 Å². The second-order valence-electron chi connectivity index (χ2n) is 7.25. The van der Waals surface area contributed by atoms with Crippen LogP contribution in [0.25, 0.3) is 27.0 Å². The lowest BCUT2D eigenvalue weighted by Gasteiger charge is -2.05. The summed E-state index contributed by atoms with van der Waals surface area (Å²) in [7, 11) is 0. The van der Waals surface area contributed by atoms with Gasteiger partial charge < -0.3 is 0 Å². The van der Waals surface area contributed by atoms with Crippen LogP contribution in [0, 0.1) is 27.7 Å². The number of allylic oxidation sites excluding steroid dienone is 1. The fourth-order valence-corrected chi connectivity index (χ4v) is 5.77. The standard InChI is InChI=1S/C21H20N4OS2/c1-11-9-16(13(3)25(11)21-22-6-8-27-21)10-15-5-7-24-18(15)23-19-17(20(24)26)12(2)14(4)28-19/h6,8-10H,5,7H2,1-4H3/b15-10+. The Bertz CT molecular complexity index is 1320. The minimum absolute atomic E-state index is 0.0958. The van der Waals surface area contributed by atoms with Crippen molar-refractivity contribution in [2.45, 2.75) is 40.7 Å². The lowest BCUT2D eigenvalue weighted by atomic mass is 10.1. The van der Waals surface area contributed by atoms with E-state index < -0.39 is 0 Å². The van der Waals surface area contributed by atoms with Gasteiger partial charge in [0.25, 0.3) is 5.56 Å². The lowest BCUT2D eigenvalue weighted by Crippen LogP contribution is -2.20. The Kier molecular flexibility index (Phi) is 3.93. The lowest BCUT2D eigenvalue weighted by molar-refractivity contribution is 0.726. The van der Waals surface area contributed by atoms with Gasteiger partial charge in [-0.1, -0.05) is 0 Å². The summed E-state index contributed by atoms with van der Waals surface area (Å²) in [6.45, 7) is 8.99. The first-order valence-electron chi connectivity index (χ1n) is 9.26. The van der Waals surface area contributed by atoms with Crippen molar-refractivity contribution in [3.05, 3.63) is 61.2 Å². The Labute approximate surface area is 170 Å². The highest BCUT2D eigenvalue weighted by atomic mass is 32.1. The molecule has 0 spiro atoms. The van der Waals surface area contributed by atoms with Gasteiger partial charge >= 0.3 is 0 Å². The Morgan fingerprint density at radius 1 is 1.21 bits per heavy atom. The number of rotatable bonds is 2. The summed E-state index contributed by atoms with van der Waals surface area (Å²) in [5.41, 5.74) is 5.76. The van der Waals surface area contributed by atoms with Crippen molar-refractivity contribution in [1.29, 1.82) is 0 Å². The molecule has 0 bridgehead atoms. The number of aromatic nitrogens is 4. The van der Waals surface area contributed by atoms with E-state index in [-0.39, 0.29) is 5.56 Å². The molecule has 5 nitrogen and oxygen atoms in total. The van der Waals surface area contributed by atoms with Crippen molar-refractivity contribution >= 4 is 44.5 Å². The average Bonchev–Trinajstić information content (AvgIpc) is 3.40. The van der Waals surface area contributed by atoms with Gasteiger partial charge in [-0.2, -0.15) is 0 Å². The zero-order chi connectivity index (χ0) is 19.6.